The Morgan fingerprint density at radius 1 is 1.45 bits per heavy atom. The molecule has 1 saturated carbocycles. The standard InChI is InChI=1S/C16H24N2O3S/c1-4-21-13-9-12(19)16(13)5-7-18(8-6-16)15(20)14-10(2)17-11(3)22-14/h12-13,19H,4-9H2,1-3H3. The average molecular weight is 324 g/mol. The topological polar surface area (TPSA) is 62.7 Å². The SMILES string of the molecule is CCOC1CC(O)C12CCN(C(=O)c1sc(C)nc1C)CC2. The van der Waals surface area contributed by atoms with E-state index < -0.39 is 0 Å². The molecule has 1 amide bonds. The van der Waals surface area contributed by atoms with Crippen molar-refractivity contribution in [2.24, 2.45) is 5.41 Å². The first kappa shape index (κ1) is 15.9. The number of hydrogen-bond donors (Lipinski definition) is 1. The van der Waals surface area contributed by atoms with Gasteiger partial charge in [-0.05, 0) is 33.6 Å². The molecule has 1 N–H and O–H groups in total. The van der Waals surface area contributed by atoms with Crippen LogP contribution in [-0.2, 0) is 4.74 Å². The van der Waals surface area contributed by atoms with Crippen LogP contribution in [0.4, 0.5) is 0 Å². The number of thiazole rings is 1. The van der Waals surface area contributed by atoms with Crippen molar-refractivity contribution in [2.45, 2.75) is 52.2 Å². The largest absolute Gasteiger partial charge is 0.392 e. The number of rotatable bonds is 3. The molecule has 1 aromatic heterocycles. The fourth-order valence-corrected chi connectivity index (χ4v) is 4.70. The summed E-state index contributed by atoms with van der Waals surface area (Å²) in [6, 6.07) is 0. The minimum absolute atomic E-state index is 0.0831. The minimum atomic E-state index is -0.284. The monoisotopic (exact) mass is 324 g/mol. The molecule has 2 atom stereocenters. The molecule has 0 bridgehead atoms. The van der Waals surface area contributed by atoms with Crippen LogP contribution in [0.3, 0.4) is 0 Å². The summed E-state index contributed by atoms with van der Waals surface area (Å²) in [6.07, 6.45) is 2.24. The van der Waals surface area contributed by atoms with Crippen molar-refractivity contribution >= 4 is 17.2 Å². The van der Waals surface area contributed by atoms with Gasteiger partial charge < -0.3 is 14.7 Å². The Kier molecular flexibility index (Phi) is 4.27. The van der Waals surface area contributed by atoms with Crippen LogP contribution in [0.1, 0.15) is 46.6 Å². The number of likely N-dealkylation sites (tertiary alicyclic amines) is 1. The highest BCUT2D eigenvalue weighted by Gasteiger charge is 2.56. The van der Waals surface area contributed by atoms with Gasteiger partial charge in [-0.25, -0.2) is 4.98 Å². The lowest BCUT2D eigenvalue weighted by Gasteiger charge is -2.56. The van der Waals surface area contributed by atoms with Gasteiger partial charge in [0.25, 0.3) is 5.91 Å². The number of ether oxygens (including phenoxy) is 1. The number of carbonyl (C=O) groups is 1. The highest BCUT2D eigenvalue weighted by Crippen LogP contribution is 2.51. The van der Waals surface area contributed by atoms with Crippen molar-refractivity contribution in [2.75, 3.05) is 19.7 Å². The smallest absolute Gasteiger partial charge is 0.265 e. The molecule has 5 nitrogen and oxygen atoms in total. The maximum atomic E-state index is 12.6. The molecule has 2 aliphatic rings. The van der Waals surface area contributed by atoms with E-state index in [1.807, 2.05) is 25.7 Å². The van der Waals surface area contributed by atoms with Gasteiger partial charge in [-0.2, -0.15) is 0 Å². The van der Waals surface area contributed by atoms with Crippen LogP contribution < -0.4 is 0 Å². The van der Waals surface area contributed by atoms with Crippen LogP contribution in [0.5, 0.6) is 0 Å². The highest BCUT2D eigenvalue weighted by molar-refractivity contribution is 7.13. The lowest BCUT2D eigenvalue weighted by Crippen LogP contribution is -2.62. The van der Waals surface area contributed by atoms with Gasteiger partial charge in [-0.3, -0.25) is 4.79 Å². The number of aliphatic hydroxyl groups excluding tert-OH is 1. The van der Waals surface area contributed by atoms with Crippen LogP contribution in [0, 0.1) is 19.3 Å². The molecule has 2 fully saturated rings. The summed E-state index contributed by atoms with van der Waals surface area (Å²) in [5.74, 6) is 0.0831. The molecule has 1 aliphatic heterocycles. The Morgan fingerprint density at radius 3 is 2.64 bits per heavy atom. The van der Waals surface area contributed by atoms with E-state index in [0.29, 0.717) is 19.7 Å². The lowest BCUT2D eigenvalue weighted by molar-refractivity contribution is -0.207. The van der Waals surface area contributed by atoms with E-state index in [1.54, 1.807) is 0 Å². The van der Waals surface area contributed by atoms with Gasteiger partial charge in [0.1, 0.15) is 4.88 Å². The molecule has 122 valence electrons. The molecule has 0 aromatic carbocycles. The average Bonchev–Trinajstić information content (AvgIpc) is 2.85. The van der Waals surface area contributed by atoms with E-state index in [0.717, 1.165) is 34.8 Å². The van der Waals surface area contributed by atoms with Crippen LogP contribution in [0.2, 0.25) is 0 Å². The zero-order chi connectivity index (χ0) is 15.9. The van der Waals surface area contributed by atoms with Crippen molar-refractivity contribution in [3.05, 3.63) is 15.6 Å². The lowest BCUT2D eigenvalue weighted by atomic mass is 9.58. The van der Waals surface area contributed by atoms with Gasteiger partial charge in [0.2, 0.25) is 0 Å². The molecule has 2 unspecified atom stereocenters. The summed E-state index contributed by atoms with van der Waals surface area (Å²) in [4.78, 5) is 19.6. The van der Waals surface area contributed by atoms with Crippen LogP contribution in [-0.4, -0.2) is 52.8 Å². The summed E-state index contributed by atoms with van der Waals surface area (Å²) in [7, 11) is 0. The molecule has 6 heteroatoms. The first-order valence-corrected chi connectivity index (χ1v) is 8.82. The fourth-order valence-electron chi connectivity index (χ4n) is 3.82. The van der Waals surface area contributed by atoms with Crippen LogP contribution >= 0.6 is 11.3 Å². The van der Waals surface area contributed by atoms with Crippen molar-refractivity contribution in [3.8, 4) is 0 Å². The van der Waals surface area contributed by atoms with Crippen LogP contribution in [0.25, 0.3) is 0 Å². The van der Waals surface area contributed by atoms with Gasteiger partial charge in [-0.15, -0.1) is 11.3 Å². The Bertz CT molecular complexity index is 562. The summed E-state index contributed by atoms with van der Waals surface area (Å²) in [5.41, 5.74) is 0.689. The second kappa shape index (κ2) is 5.91. The number of aryl methyl sites for hydroxylation is 2. The molecule has 2 heterocycles. The van der Waals surface area contributed by atoms with Gasteiger partial charge in [0.15, 0.2) is 0 Å². The number of carbonyl (C=O) groups excluding carboxylic acids is 1. The molecular formula is C16H24N2O3S. The first-order chi connectivity index (χ1) is 10.5. The summed E-state index contributed by atoms with van der Waals surface area (Å²) in [6.45, 7) is 7.87. The number of aromatic nitrogens is 1. The third kappa shape index (κ3) is 2.47. The van der Waals surface area contributed by atoms with E-state index >= 15 is 0 Å². The van der Waals surface area contributed by atoms with Crippen molar-refractivity contribution in [1.82, 2.24) is 9.88 Å². The number of hydrogen-bond acceptors (Lipinski definition) is 5. The maximum absolute atomic E-state index is 12.6. The highest BCUT2D eigenvalue weighted by atomic mass is 32.1. The number of amides is 1. The molecule has 22 heavy (non-hydrogen) atoms. The van der Waals surface area contributed by atoms with Gasteiger partial charge in [-0.1, -0.05) is 0 Å². The molecule has 1 saturated heterocycles. The maximum Gasteiger partial charge on any atom is 0.265 e. The normalized spacial score (nSPS) is 27.0. The summed E-state index contributed by atoms with van der Waals surface area (Å²) >= 11 is 1.47. The molecule has 1 aromatic rings. The van der Waals surface area contributed by atoms with Crippen LogP contribution in [0.15, 0.2) is 0 Å². The van der Waals surface area contributed by atoms with Gasteiger partial charge in [0.05, 0.1) is 22.9 Å². The van der Waals surface area contributed by atoms with Crippen molar-refractivity contribution in [3.63, 3.8) is 0 Å². The van der Waals surface area contributed by atoms with E-state index in [9.17, 15) is 9.90 Å². The molecular weight excluding hydrogens is 300 g/mol. The van der Waals surface area contributed by atoms with Gasteiger partial charge >= 0.3 is 0 Å². The van der Waals surface area contributed by atoms with Crippen molar-refractivity contribution in [1.29, 1.82) is 0 Å². The fraction of sp³-hybridized carbons (Fsp3) is 0.750. The Morgan fingerprint density at radius 2 is 2.14 bits per heavy atom. The van der Waals surface area contributed by atoms with E-state index in [1.165, 1.54) is 11.3 Å². The van der Waals surface area contributed by atoms with E-state index in [-0.39, 0.29) is 23.5 Å². The number of aliphatic hydroxyl groups is 1. The van der Waals surface area contributed by atoms with E-state index in [4.69, 9.17) is 4.74 Å². The molecule has 3 rings (SSSR count). The third-order valence-corrected chi connectivity index (χ3v) is 6.25. The predicted molar refractivity (Wildman–Crippen MR) is 85.2 cm³/mol. The number of nitrogens with zero attached hydrogens (tertiary/aromatic N) is 2. The Hall–Kier alpha value is -0.980. The second-order valence-corrected chi connectivity index (χ2v) is 7.57. The Labute approximate surface area is 135 Å². The zero-order valence-electron chi connectivity index (χ0n) is 13.5. The summed E-state index contributed by atoms with van der Waals surface area (Å²) < 4.78 is 5.77. The van der Waals surface area contributed by atoms with Gasteiger partial charge in [0, 0.05) is 31.5 Å². The summed E-state index contributed by atoms with van der Waals surface area (Å²) in [5, 5.41) is 11.1. The first-order valence-electron chi connectivity index (χ1n) is 8.01. The molecule has 0 radical (unpaired) electrons. The van der Waals surface area contributed by atoms with E-state index in [2.05, 4.69) is 4.98 Å². The minimum Gasteiger partial charge on any atom is -0.392 e. The Balaban J connectivity index is 1.67. The quantitative estimate of drug-likeness (QED) is 0.925. The second-order valence-electron chi connectivity index (χ2n) is 6.37. The number of piperidine rings is 1. The molecule has 1 aliphatic carbocycles. The third-order valence-electron chi connectivity index (χ3n) is 5.19. The van der Waals surface area contributed by atoms with Crippen molar-refractivity contribution < 1.29 is 14.6 Å². The predicted octanol–water partition coefficient (Wildman–Crippen LogP) is 2.15. The zero-order valence-corrected chi connectivity index (χ0v) is 14.3. The molecule has 1 spiro atoms.